The summed E-state index contributed by atoms with van der Waals surface area (Å²) in [7, 11) is -1.76. The van der Waals surface area contributed by atoms with Crippen LogP contribution in [0.1, 0.15) is 48.4 Å². The Kier molecular flexibility index (Phi) is 6.39. The van der Waals surface area contributed by atoms with Gasteiger partial charge in [-0.3, -0.25) is 0 Å². The first-order valence-corrected chi connectivity index (χ1v) is 12.6. The molecule has 162 valence electrons. The minimum Gasteiger partial charge on any atom is -0.494 e. The Morgan fingerprint density at radius 1 is 1.20 bits per heavy atom. The third-order valence-corrected chi connectivity index (χ3v) is 8.23. The normalized spacial score (nSPS) is 20.3. The fraction of sp³-hybridized carbons (Fsp3) is 0.478. The fourth-order valence-electron chi connectivity index (χ4n) is 4.74. The molecule has 0 saturated heterocycles. The molecule has 30 heavy (non-hydrogen) atoms. The molecule has 0 aromatic heterocycles. The molecule has 1 aliphatic heterocycles. The maximum atomic E-state index is 11.6. The number of hydrogen-bond donors (Lipinski definition) is 2. The lowest BCUT2D eigenvalue weighted by atomic mass is 9.58. The summed E-state index contributed by atoms with van der Waals surface area (Å²) in [6.45, 7) is 1.34. The van der Waals surface area contributed by atoms with Crippen molar-refractivity contribution in [2.45, 2.75) is 43.6 Å². The maximum Gasteiger partial charge on any atom is 0.211 e. The number of nitrogens with one attached hydrogen (secondary N) is 2. The van der Waals surface area contributed by atoms with Crippen molar-refractivity contribution in [2.75, 3.05) is 26.0 Å². The summed E-state index contributed by atoms with van der Waals surface area (Å²) in [5.41, 5.74) is 4.09. The molecule has 2 aromatic rings. The van der Waals surface area contributed by atoms with Crippen molar-refractivity contribution in [3.63, 3.8) is 0 Å². The van der Waals surface area contributed by atoms with Gasteiger partial charge in [-0.15, -0.1) is 0 Å². The average Bonchev–Trinajstić information content (AvgIpc) is 2.72. The van der Waals surface area contributed by atoms with Crippen molar-refractivity contribution in [1.82, 2.24) is 10.0 Å². The Morgan fingerprint density at radius 2 is 1.97 bits per heavy atom. The quantitative estimate of drug-likeness (QED) is 0.599. The van der Waals surface area contributed by atoms with E-state index in [2.05, 4.69) is 34.3 Å². The van der Waals surface area contributed by atoms with E-state index < -0.39 is 10.0 Å². The van der Waals surface area contributed by atoms with Crippen molar-refractivity contribution < 1.29 is 13.2 Å². The maximum absolute atomic E-state index is 11.6. The zero-order valence-corrected chi connectivity index (χ0v) is 18.9. The summed E-state index contributed by atoms with van der Waals surface area (Å²) < 4.78 is 31.4. The van der Waals surface area contributed by atoms with E-state index in [9.17, 15) is 8.42 Å². The summed E-state index contributed by atoms with van der Waals surface area (Å²) in [4.78, 5) is 0. The molecular formula is C23H29ClN2O3S. The van der Waals surface area contributed by atoms with E-state index in [1.54, 1.807) is 0 Å². The number of rotatable bonds is 8. The first-order valence-electron chi connectivity index (χ1n) is 10.6. The van der Waals surface area contributed by atoms with E-state index in [0.29, 0.717) is 13.0 Å². The van der Waals surface area contributed by atoms with Gasteiger partial charge in [0, 0.05) is 16.5 Å². The van der Waals surface area contributed by atoms with Crippen LogP contribution in [0.2, 0.25) is 5.02 Å². The standard InChI is InChI=1S/C23H29ClN2O3S/c1-25-30(27,28)15-3-14-29-20-9-4-17-10-13-26-22(21(17)16-20)23(11-2-12-23)18-5-7-19(24)8-6-18/h4-9,16,22,25-26H,2-3,10-15H2,1H3. The van der Waals surface area contributed by atoms with Gasteiger partial charge in [0.15, 0.2) is 0 Å². The molecule has 0 radical (unpaired) electrons. The Hall–Kier alpha value is -1.60. The predicted molar refractivity (Wildman–Crippen MR) is 121 cm³/mol. The van der Waals surface area contributed by atoms with Crippen molar-refractivity contribution in [1.29, 1.82) is 0 Å². The summed E-state index contributed by atoms with van der Waals surface area (Å²) in [6, 6.07) is 14.9. The largest absolute Gasteiger partial charge is 0.494 e. The number of benzene rings is 2. The predicted octanol–water partition coefficient (Wildman–Crippen LogP) is 3.97. The lowest BCUT2D eigenvalue weighted by Gasteiger charge is -2.50. The van der Waals surface area contributed by atoms with E-state index in [4.69, 9.17) is 16.3 Å². The zero-order chi connectivity index (χ0) is 21.2. The van der Waals surface area contributed by atoms with Crippen LogP contribution in [0.3, 0.4) is 0 Å². The topological polar surface area (TPSA) is 67.4 Å². The zero-order valence-electron chi connectivity index (χ0n) is 17.3. The van der Waals surface area contributed by atoms with E-state index in [-0.39, 0.29) is 17.2 Å². The molecular weight excluding hydrogens is 420 g/mol. The lowest BCUT2D eigenvalue weighted by Crippen LogP contribution is -2.49. The minimum absolute atomic E-state index is 0.0678. The molecule has 0 amide bonds. The molecule has 7 heteroatoms. The van der Waals surface area contributed by atoms with Crippen LogP contribution < -0.4 is 14.8 Å². The molecule has 1 unspecified atom stereocenters. The van der Waals surface area contributed by atoms with Crippen LogP contribution in [0.5, 0.6) is 5.75 Å². The Balaban J connectivity index is 1.54. The SMILES string of the molecule is CNS(=O)(=O)CCCOc1ccc2c(c1)C(C1(c3ccc(Cl)cc3)CCC1)NCC2. The monoisotopic (exact) mass is 448 g/mol. The molecule has 0 bridgehead atoms. The summed E-state index contributed by atoms with van der Waals surface area (Å²) in [5, 5.41) is 4.54. The summed E-state index contributed by atoms with van der Waals surface area (Å²) in [6.07, 6.45) is 4.99. The van der Waals surface area contributed by atoms with Gasteiger partial charge in [0.05, 0.1) is 12.4 Å². The molecule has 0 spiro atoms. The molecule has 1 heterocycles. The van der Waals surface area contributed by atoms with E-state index in [1.165, 1.54) is 30.2 Å². The van der Waals surface area contributed by atoms with Crippen molar-refractivity contribution >= 4 is 21.6 Å². The van der Waals surface area contributed by atoms with Crippen LogP contribution in [0.15, 0.2) is 42.5 Å². The number of halogens is 1. The van der Waals surface area contributed by atoms with Crippen LogP contribution in [-0.2, 0) is 21.9 Å². The van der Waals surface area contributed by atoms with Gasteiger partial charge in [0.25, 0.3) is 0 Å². The second-order valence-electron chi connectivity index (χ2n) is 8.24. The molecule has 2 aliphatic rings. The Morgan fingerprint density at radius 3 is 2.63 bits per heavy atom. The number of ether oxygens (including phenoxy) is 1. The van der Waals surface area contributed by atoms with Gasteiger partial charge in [-0.25, -0.2) is 13.1 Å². The van der Waals surface area contributed by atoms with Crippen LogP contribution in [0, 0.1) is 0 Å². The molecule has 1 fully saturated rings. The van der Waals surface area contributed by atoms with Gasteiger partial charge >= 0.3 is 0 Å². The van der Waals surface area contributed by atoms with Crippen molar-refractivity contribution in [3.05, 3.63) is 64.2 Å². The first-order chi connectivity index (χ1) is 14.4. The van der Waals surface area contributed by atoms with Gasteiger partial charge in [0.2, 0.25) is 10.0 Å². The first kappa shape index (κ1) is 21.6. The Labute approximate surface area is 184 Å². The van der Waals surface area contributed by atoms with Gasteiger partial charge < -0.3 is 10.1 Å². The number of fused-ring (bicyclic) bond motifs is 1. The highest BCUT2D eigenvalue weighted by atomic mass is 35.5. The molecule has 4 rings (SSSR count). The van der Waals surface area contributed by atoms with Gasteiger partial charge in [0.1, 0.15) is 5.75 Å². The number of sulfonamides is 1. The minimum atomic E-state index is -3.20. The summed E-state index contributed by atoms with van der Waals surface area (Å²) >= 11 is 6.13. The van der Waals surface area contributed by atoms with Crippen LogP contribution >= 0.6 is 11.6 Å². The highest BCUT2D eigenvalue weighted by Crippen LogP contribution is 2.53. The second kappa shape index (κ2) is 8.87. The average molecular weight is 449 g/mol. The molecule has 5 nitrogen and oxygen atoms in total. The van der Waals surface area contributed by atoms with Gasteiger partial charge in [-0.1, -0.05) is 36.2 Å². The molecule has 1 saturated carbocycles. The van der Waals surface area contributed by atoms with Crippen molar-refractivity contribution in [3.8, 4) is 5.75 Å². The van der Waals surface area contributed by atoms with E-state index >= 15 is 0 Å². The van der Waals surface area contributed by atoms with E-state index in [0.717, 1.165) is 36.6 Å². The lowest BCUT2D eigenvalue weighted by molar-refractivity contribution is 0.164. The summed E-state index contributed by atoms with van der Waals surface area (Å²) in [5.74, 6) is 0.869. The second-order valence-corrected chi connectivity index (χ2v) is 10.7. The third kappa shape index (κ3) is 4.37. The van der Waals surface area contributed by atoms with Gasteiger partial charge in [-0.05, 0) is 80.2 Å². The molecule has 2 aromatic carbocycles. The third-order valence-electron chi connectivity index (χ3n) is 6.53. The van der Waals surface area contributed by atoms with Crippen LogP contribution in [-0.4, -0.2) is 34.4 Å². The molecule has 2 N–H and O–H groups in total. The molecule has 1 atom stereocenters. The van der Waals surface area contributed by atoms with Crippen LogP contribution in [0.25, 0.3) is 0 Å². The van der Waals surface area contributed by atoms with Gasteiger partial charge in [-0.2, -0.15) is 0 Å². The van der Waals surface area contributed by atoms with E-state index in [1.807, 2.05) is 18.2 Å². The number of hydrogen-bond acceptors (Lipinski definition) is 4. The molecule has 1 aliphatic carbocycles. The fourth-order valence-corrected chi connectivity index (χ4v) is 5.57. The highest BCUT2D eigenvalue weighted by Gasteiger charge is 2.47. The Bertz CT molecular complexity index is 988. The van der Waals surface area contributed by atoms with Crippen LogP contribution in [0.4, 0.5) is 0 Å². The smallest absolute Gasteiger partial charge is 0.211 e. The van der Waals surface area contributed by atoms with Crippen molar-refractivity contribution in [2.24, 2.45) is 0 Å². The highest BCUT2D eigenvalue weighted by molar-refractivity contribution is 7.89.